The Kier molecular flexibility index (Phi) is 3.88. The molecular weight excluding hydrogens is 287 g/mol. The van der Waals surface area contributed by atoms with Crippen molar-refractivity contribution in [2.24, 2.45) is 0 Å². The highest BCUT2D eigenvalue weighted by molar-refractivity contribution is 7.89. The summed E-state index contributed by atoms with van der Waals surface area (Å²) in [7, 11) is -3.94. The highest BCUT2D eigenvalue weighted by atomic mass is 32.2. The van der Waals surface area contributed by atoms with Gasteiger partial charge in [-0.3, -0.25) is 0 Å². The van der Waals surface area contributed by atoms with Crippen LogP contribution in [0.5, 0.6) is 0 Å². The molecule has 19 heavy (non-hydrogen) atoms. The average molecular weight is 300 g/mol. The van der Waals surface area contributed by atoms with Gasteiger partial charge in [0.1, 0.15) is 10.7 Å². The van der Waals surface area contributed by atoms with Crippen LogP contribution in [0.2, 0.25) is 0 Å². The monoisotopic (exact) mass is 300 g/mol. The predicted octanol–water partition coefficient (Wildman–Crippen LogP) is 2.51. The van der Waals surface area contributed by atoms with Crippen molar-refractivity contribution in [1.82, 2.24) is 4.72 Å². The van der Waals surface area contributed by atoms with E-state index in [4.69, 9.17) is 5.73 Å². The molecule has 1 aromatic carbocycles. The molecule has 4 nitrogen and oxygen atoms in total. The fourth-order valence-electron chi connectivity index (χ4n) is 1.62. The lowest BCUT2D eigenvalue weighted by molar-refractivity contribution is 0.548. The molecule has 102 valence electrons. The third-order valence-corrected chi connectivity index (χ3v) is 5.16. The molecule has 0 aliphatic rings. The van der Waals surface area contributed by atoms with E-state index in [2.05, 4.69) is 4.72 Å². The summed E-state index contributed by atoms with van der Waals surface area (Å²) in [4.78, 5) is 0.420. The normalized spacial score (nSPS) is 13.4. The maximum Gasteiger partial charge on any atom is 0.244 e. The Balaban J connectivity index is 2.30. The van der Waals surface area contributed by atoms with Crippen molar-refractivity contribution < 1.29 is 12.8 Å². The van der Waals surface area contributed by atoms with Crippen molar-refractivity contribution in [1.29, 1.82) is 0 Å². The van der Waals surface area contributed by atoms with Gasteiger partial charge < -0.3 is 5.73 Å². The molecule has 0 saturated heterocycles. The van der Waals surface area contributed by atoms with Gasteiger partial charge in [-0.2, -0.15) is 0 Å². The molecule has 0 amide bonds. The molecule has 0 radical (unpaired) electrons. The van der Waals surface area contributed by atoms with Crippen molar-refractivity contribution in [3.63, 3.8) is 0 Å². The van der Waals surface area contributed by atoms with Crippen LogP contribution in [0.25, 0.3) is 0 Å². The Bertz CT molecular complexity index is 669. The van der Waals surface area contributed by atoms with Gasteiger partial charge in [0, 0.05) is 10.6 Å². The van der Waals surface area contributed by atoms with Crippen LogP contribution in [0.15, 0.2) is 40.6 Å². The van der Waals surface area contributed by atoms with Gasteiger partial charge in [-0.1, -0.05) is 6.07 Å². The Morgan fingerprint density at radius 2 is 2.11 bits per heavy atom. The van der Waals surface area contributed by atoms with Crippen LogP contribution in [0.4, 0.5) is 10.1 Å². The van der Waals surface area contributed by atoms with Crippen molar-refractivity contribution in [3.8, 4) is 0 Å². The van der Waals surface area contributed by atoms with Crippen LogP contribution >= 0.6 is 11.3 Å². The van der Waals surface area contributed by atoms with E-state index in [0.717, 1.165) is 17.0 Å². The second-order valence-electron chi connectivity index (χ2n) is 4.05. The first-order valence-electron chi connectivity index (χ1n) is 5.51. The quantitative estimate of drug-likeness (QED) is 0.852. The Hall–Kier alpha value is -1.44. The Morgan fingerprint density at radius 3 is 2.74 bits per heavy atom. The first-order chi connectivity index (χ1) is 8.90. The fourth-order valence-corrected chi connectivity index (χ4v) is 3.76. The van der Waals surface area contributed by atoms with Crippen LogP contribution in [-0.2, 0) is 10.0 Å². The first-order valence-corrected chi connectivity index (χ1v) is 7.87. The van der Waals surface area contributed by atoms with E-state index in [-0.39, 0.29) is 5.69 Å². The molecule has 3 N–H and O–H groups in total. The van der Waals surface area contributed by atoms with E-state index in [0.29, 0.717) is 0 Å². The van der Waals surface area contributed by atoms with Crippen molar-refractivity contribution in [2.45, 2.75) is 17.9 Å². The van der Waals surface area contributed by atoms with Crippen LogP contribution < -0.4 is 10.5 Å². The molecule has 1 unspecified atom stereocenters. The van der Waals surface area contributed by atoms with E-state index < -0.39 is 26.8 Å². The number of nitrogen functional groups attached to an aromatic ring is 1. The molecule has 0 bridgehead atoms. The summed E-state index contributed by atoms with van der Waals surface area (Å²) in [5, 5.41) is 1.85. The minimum atomic E-state index is -3.94. The second-order valence-corrected chi connectivity index (χ2v) is 6.71. The van der Waals surface area contributed by atoms with Crippen LogP contribution in [0, 0.1) is 5.82 Å². The number of nitrogens with two attached hydrogens (primary N) is 1. The number of hydrogen-bond acceptors (Lipinski definition) is 4. The molecule has 2 aromatic rings. The molecule has 0 spiro atoms. The summed E-state index contributed by atoms with van der Waals surface area (Å²) in [6.07, 6.45) is 0. The van der Waals surface area contributed by atoms with Crippen LogP contribution in [-0.4, -0.2) is 8.42 Å². The molecule has 0 aliphatic carbocycles. The molecule has 1 aromatic heterocycles. The molecule has 0 saturated carbocycles. The lowest BCUT2D eigenvalue weighted by Gasteiger charge is -2.13. The number of nitrogens with one attached hydrogen (secondary N) is 1. The zero-order chi connectivity index (χ0) is 14.0. The summed E-state index contributed by atoms with van der Waals surface area (Å²) in [5.41, 5.74) is 5.69. The number of rotatable bonds is 4. The number of hydrogen-bond donors (Lipinski definition) is 2. The number of sulfonamides is 1. The minimum absolute atomic E-state index is 0.200. The van der Waals surface area contributed by atoms with Gasteiger partial charge in [0.15, 0.2) is 0 Å². The maximum absolute atomic E-state index is 13.6. The topological polar surface area (TPSA) is 72.2 Å². The zero-order valence-corrected chi connectivity index (χ0v) is 11.8. The number of halogens is 1. The highest BCUT2D eigenvalue weighted by Gasteiger charge is 2.22. The van der Waals surface area contributed by atoms with E-state index in [1.165, 1.54) is 17.4 Å². The van der Waals surface area contributed by atoms with Crippen molar-refractivity contribution >= 4 is 27.0 Å². The third-order valence-electron chi connectivity index (χ3n) is 2.55. The zero-order valence-electron chi connectivity index (χ0n) is 10.1. The molecule has 1 heterocycles. The van der Waals surface area contributed by atoms with Crippen LogP contribution in [0.1, 0.15) is 17.8 Å². The summed E-state index contributed by atoms with van der Waals surface area (Å²) in [6, 6.07) is 6.68. The SMILES string of the molecule is CC(NS(=O)(=O)c1cc(N)ccc1F)c1cccs1. The van der Waals surface area contributed by atoms with Gasteiger partial charge in [-0.15, -0.1) is 11.3 Å². The van der Waals surface area contributed by atoms with Gasteiger partial charge in [0.05, 0.1) is 6.04 Å². The van der Waals surface area contributed by atoms with Crippen LogP contribution in [0.3, 0.4) is 0 Å². The van der Waals surface area contributed by atoms with Crippen molar-refractivity contribution in [3.05, 3.63) is 46.4 Å². The molecule has 2 rings (SSSR count). The molecular formula is C12H13FN2O2S2. The molecule has 7 heteroatoms. The molecule has 0 fully saturated rings. The highest BCUT2D eigenvalue weighted by Crippen LogP contribution is 2.23. The third kappa shape index (κ3) is 3.12. The minimum Gasteiger partial charge on any atom is -0.399 e. The lowest BCUT2D eigenvalue weighted by Crippen LogP contribution is -2.27. The van der Waals surface area contributed by atoms with Gasteiger partial charge >= 0.3 is 0 Å². The summed E-state index contributed by atoms with van der Waals surface area (Å²) in [6.45, 7) is 1.70. The smallest absolute Gasteiger partial charge is 0.244 e. The van der Waals surface area contributed by atoms with E-state index in [1.807, 2.05) is 17.5 Å². The maximum atomic E-state index is 13.6. The summed E-state index contributed by atoms with van der Waals surface area (Å²) < 4.78 is 40.2. The molecule has 0 aliphatic heterocycles. The fraction of sp³-hybridized carbons (Fsp3) is 0.167. The van der Waals surface area contributed by atoms with Gasteiger partial charge in [0.2, 0.25) is 10.0 Å². The second kappa shape index (κ2) is 5.28. The van der Waals surface area contributed by atoms with E-state index >= 15 is 0 Å². The number of thiophene rings is 1. The largest absolute Gasteiger partial charge is 0.399 e. The predicted molar refractivity (Wildman–Crippen MR) is 73.9 cm³/mol. The van der Waals surface area contributed by atoms with Crippen molar-refractivity contribution in [2.75, 3.05) is 5.73 Å². The van der Waals surface area contributed by atoms with Gasteiger partial charge in [-0.05, 0) is 36.6 Å². The standard InChI is InChI=1S/C12H13FN2O2S2/c1-8(11-3-2-6-18-11)15-19(16,17)12-7-9(14)4-5-10(12)13/h2-8,15H,14H2,1H3. The van der Waals surface area contributed by atoms with Gasteiger partial charge in [-0.25, -0.2) is 17.5 Å². The molecule has 1 atom stereocenters. The Morgan fingerprint density at radius 1 is 1.37 bits per heavy atom. The van der Waals surface area contributed by atoms with Gasteiger partial charge in [0.25, 0.3) is 0 Å². The average Bonchev–Trinajstić information content (AvgIpc) is 2.85. The Labute approximate surface area is 115 Å². The van der Waals surface area contributed by atoms with E-state index in [1.54, 1.807) is 6.92 Å². The summed E-state index contributed by atoms with van der Waals surface area (Å²) in [5.74, 6) is -0.819. The number of anilines is 1. The summed E-state index contributed by atoms with van der Waals surface area (Å²) >= 11 is 1.43. The number of benzene rings is 1. The first kappa shape index (κ1) is 14.0. The van der Waals surface area contributed by atoms with E-state index in [9.17, 15) is 12.8 Å². The lowest BCUT2D eigenvalue weighted by atomic mass is 10.3.